The summed E-state index contributed by atoms with van der Waals surface area (Å²) < 4.78 is 0. The highest BCUT2D eigenvalue weighted by molar-refractivity contribution is 5.60. The zero-order valence-electron chi connectivity index (χ0n) is 11.4. The van der Waals surface area contributed by atoms with Crippen molar-refractivity contribution in [1.82, 2.24) is 0 Å². The smallest absolute Gasteiger partial charge is 0.0384 e. The van der Waals surface area contributed by atoms with Crippen molar-refractivity contribution in [3.8, 4) is 0 Å². The van der Waals surface area contributed by atoms with Crippen molar-refractivity contribution in [2.45, 2.75) is 38.5 Å². The van der Waals surface area contributed by atoms with Gasteiger partial charge in [0.25, 0.3) is 0 Å². The molecule has 0 unspecified atom stereocenters. The zero-order valence-corrected chi connectivity index (χ0v) is 11.4. The predicted molar refractivity (Wildman–Crippen MR) is 82.0 cm³/mol. The van der Waals surface area contributed by atoms with Crippen LogP contribution in [0.3, 0.4) is 0 Å². The summed E-state index contributed by atoms with van der Waals surface area (Å²) in [5, 5.41) is 3.46. The van der Waals surface area contributed by atoms with E-state index in [1.807, 2.05) is 0 Å². The fourth-order valence-electron chi connectivity index (χ4n) is 2.69. The Kier molecular flexibility index (Phi) is 3.83. The highest BCUT2D eigenvalue weighted by atomic mass is 14.9. The molecule has 4 aliphatic heterocycles. The maximum Gasteiger partial charge on any atom is 0.0384 e. The third-order valence-electron chi connectivity index (χ3n) is 3.88. The van der Waals surface area contributed by atoms with Crippen LogP contribution in [-0.4, -0.2) is 0 Å². The monoisotopic (exact) mass is 251 g/mol. The molecule has 4 heterocycles. The van der Waals surface area contributed by atoms with Gasteiger partial charge in [0.15, 0.2) is 0 Å². The second-order valence-corrected chi connectivity index (χ2v) is 5.43. The topological polar surface area (TPSA) is 12.0 Å². The van der Waals surface area contributed by atoms with Gasteiger partial charge in [-0.05, 0) is 61.1 Å². The van der Waals surface area contributed by atoms with Gasteiger partial charge in [0.1, 0.15) is 0 Å². The van der Waals surface area contributed by atoms with Crippen molar-refractivity contribution >= 4 is 11.4 Å². The second-order valence-electron chi connectivity index (χ2n) is 5.43. The Morgan fingerprint density at radius 3 is 1.37 bits per heavy atom. The summed E-state index contributed by atoms with van der Waals surface area (Å²) in [7, 11) is 0. The third kappa shape index (κ3) is 3.37. The van der Waals surface area contributed by atoms with Crippen molar-refractivity contribution in [3.63, 3.8) is 0 Å². The van der Waals surface area contributed by atoms with Gasteiger partial charge in [0.2, 0.25) is 0 Å². The maximum atomic E-state index is 3.46. The molecule has 1 heteroatoms. The Bertz CT molecular complexity index is 461. The van der Waals surface area contributed by atoms with Gasteiger partial charge in [-0.2, -0.15) is 0 Å². The molecule has 0 amide bonds. The van der Waals surface area contributed by atoms with Crippen LogP contribution in [0, 0.1) is 0 Å². The van der Waals surface area contributed by atoms with Crippen LogP contribution in [0.1, 0.15) is 36.8 Å². The Morgan fingerprint density at radius 1 is 0.526 bits per heavy atom. The van der Waals surface area contributed by atoms with Gasteiger partial charge < -0.3 is 5.32 Å². The molecule has 2 aromatic carbocycles. The van der Waals surface area contributed by atoms with Crippen molar-refractivity contribution < 1.29 is 0 Å². The number of hydrogen-bond acceptors (Lipinski definition) is 1. The Labute approximate surface area is 115 Å². The summed E-state index contributed by atoms with van der Waals surface area (Å²) in [6.45, 7) is 0. The lowest BCUT2D eigenvalue weighted by atomic mass is 10.0. The molecule has 0 aromatic heterocycles. The Hall–Kier alpha value is -1.76. The van der Waals surface area contributed by atoms with Crippen LogP contribution in [-0.2, 0) is 12.8 Å². The van der Waals surface area contributed by atoms with Gasteiger partial charge in [0, 0.05) is 11.4 Å². The average molecular weight is 251 g/mol. The molecule has 1 N–H and O–H groups in total. The number of benzene rings is 2. The molecule has 0 fully saturated rings. The van der Waals surface area contributed by atoms with Gasteiger partial charge in [0.05, 0.1) is 0 Å². The number of nitrogens with one attached hydrogen (secondary N) is 1. The molecule has 98 valence electrons. The first-order chi connectivity index (χ1) is 9.40. The van der Waals surface area contributed by atoms with E-state index in [2.05, 4.69) is 53.8 Å². The molecule has 0 radical (unpaired) electrons. The van der Waals surface area contributed by atoms with E-state index in [0.29, 0.717) is 0 Å². The largest absolute Gasteiger partial charge is 0.356 e. The molecule has 0 saturated carbocycles. The van der Waals surface area contributed by atoms with Gasteiger partial charge >= 0.3 is 0 Å². The van der Waals surface area contributed by atoms with Crippen LogP contribution in [0.2, 0.25) is 0 Å². The summed E-state index contributed by atoms with van der Waals surface area (Å²) in [5.74, 6) is 0. The maximum absolute atomic E-state index is 3.46. The number of anilines is 2. The summed E-state index contributed by atoms with van der Waals surface area (Å²) in [6.07, 6.45) is 7.74. The molecule has 0 spiro atoms. The summed E-state index contributed by atoms with van der Waals surface area (Å²) in [4.78, 5) is 0. The summed E-state index contributed by atoms with van der Waals surface area (Å²) in [5.41, 5.74) is 5.25. The van der Waals surface area contributed by atoms with E-state index < -0.39 is 0 Å². The van der Waals surface area contributed by atoms with Crippen LogP contribution in [0.5, 0.6) is 0 Å². The highest BCUT2D eigenvalue weighted by Gasteiger charge is 2.00. The minimum absolute atomic E-state index is 1.17. The second kappa shape index (κ2) is 5.92. The fourth-order valence-corrected chi connectivity index (χ4v) is 2.69. The first-order valence-electron chi connectivity index (χ1n) is 7.35. The van der Waals surface area contributed by atoms with Crippen LogP contribution >= 0.6 is 0 Å². The van der Waals surface area contributed by atoms with Gasteiger partial charge in [-0.3, -0.25) is 0 Å². The Morgan fingerprint density at radius 2 is 0.947 bits per heavy atom. The Balaban J connectivity index is 1.84. The number of aryl methyl sites for hydroxylation is 2. The van der Waals surface area contributed by atoms with Gasteiger partial charge in [-0.25, -0.2) is 0 Å². The molecule has 0 saturated heterocycles. The highest BCUT2D eigenvalue weighted by Crippen LogP contribution is 2.20. The molecular formula is C18H21N. The molecule has 0 aliphatic carbocycles. The summed E-state index contributed by atoms with van der Waals surface area (Å²) in [6, 6.07) is 17.7. The zero-order chi connectivity index (χ0) is 12.9. The molecule has 6 rings (SSSR count). The van der Waals surface area contributed by atoms with Crippen LogP contribution < -0.4 is 5.32 Å². The molecule has 2 aromatic rings. The number of hydrogen-bond donors (Lipinski definition) is 1. The molecule has 4 aliphatic rings. The van der Waals surface area contributed by atoms with E-state index in [0.717, 1.165) is 0 Å². The van der Waals surface area contributed by atoms with Gasteiger partial charge in [-0.15, -0.1) is 0 Å². The quantitative estimate of drug-likeness (QED) is 0.687. The first-order valence-corrected chi connectivity index (χ1v) is 7.35. The average Bonchev–Trinajstić information content (AvgIpc) is 2.47. The molecule has 0 atom stereocenters. The van der Waals surface area contributed by atoms with E-state index >= 15 is 0 Å². The minimum atomic E-state index is 1.17. The lowest BCUT2D eigenvalue weighted by Gasteiger charge is -2.08. The lowest BCUT2D eigenvalue weighted by Crippen LogP contribution is -1.91. The van der Waals surface area contributed by atoms with E-state index in [4.69, 9.17) is 0 Å². The van der Waals surface area contributed by atoms with Crippen molar-refractivity contribution in [3.05, 3.63) is 59.7 Å². The standard InChI is InChI=1S/C18H21N/c1-2-4-6-16-9-13-18(14-10-16)19-17-11-7-15(5-3-1)8-12-17/h7-14,19H,1-6H2. The molecule has 19 heavy (non-hydrogen) atoms. The molecular weight excluding hydrogens is 230 g/mol. The van der Waals surface area contributed by atoms with E-state index in [1.54, 1.807) is 0 Å². The lowest BCUT2D eigenvalue weighted by molar-refractivity contribution is 0.640. The summed E-state index contributed by atoms with van der Waals surface area (Å²) >= 11 is 0. The van der Waals surface area contributed by atoms with Crippen molar-refractivity contribution in [2.75, 3.05) is 5.32 Å². The van der Waals surface area contributed by atoms with Crippen LogP contribution in [0.4, 0.5) is 11.4 Å². The van der Waals surface area contributed by atoms with Crippen molar-refractivity contribution in [2.24, 2.45) is 0 Å². The third-order valence-corrected chi connectivity index (χ3v) is 3.88. The minimum Gasteiger partial charge on any atom is -0.356 e. The van der Waals surface area contributed by atoms with E-state index in [1.165, 1.54) is 61.0 Å². The molecule has 1 nitrogen and oxygen atoms in total. The van der Waals surface area contributed by atoms with Crippen LogP contribution in [0.15, 0.2) is 48.5 Å². The van der Waals surface area contributed by atoms with Crippen molar-refractivity contribution in [1.29, 1.82) is 0 Å². The normalized spacial score (nSPS) is 15.6. The van der Waals surface area contributed by atoms with E-state index in [9.17, 15) is 0 Å². The number of rotatable bonds is 0. The fraction of sp³-hybridized carbons (Fsp3) is 0.333. The molecule has 4 bridgehead atoms. The predicted octanol–water partition coefficient (Wildman–Crippen LogP) is 5.09. The van der Waals surface area contributed by atoms with Crippen LogP contribution in [0.25, 0.3) is 0 Å². The van der Waals surface area contributed by atoms with Gasteiger partial charge in [-0.1, -0.05) is 37.1 Å². The van der Waals surface area contributed by atoms with E-state index in [-0.39, 0.29) is 0 Å². The SMILES string of the molecule is c1cc2ccc1CCCCCCc1ccc(cc1)N2. The first kappa shape index (κ1) is 12.3.